The van der Waals surface area contributed by atoms with Crippen LogP contribution >= 0.6 is 23.2 Å². The third kappa shape index (κ3) is 2.35. The number of hydrogen-bond donors (Lipinski definition) is 1. The second kappa shape index (κ2) is 5.00. The van der Waals surface area contributed by atoms with Crippen molar-refractivity contribution < 1.29 is 9.50 Å². The Morgan fingerprint density at radius 1 is 1.10 bits per heavy atom. The Kier molecular flexibility index (Phi) is 3.32. The van der Waals surface area contributed by atoms with Gasteiger partial charge in [-0.05, 0) is 29.8 Å². The lowest BCUT2D eigenvalue weighted by Gasteiger charge is -2.05. The van der Waals surface area contributed by atoms with Gasteiger partial charge in [-0.2, -0.15) is 0 Å². The summed E-state index contributed by atoms with van der Waals surface area (Å²) in [7, 11) is 0. The molecule has 1 N–H and O–H groups in total. The van der Waals surface area contributed by atoms with E-state index >= 15 is 0 Å². The lowest BCUT2D eigenvalue weighted by Crippen LogP contribution is -1.96. The summed E-state index contributed by atoms with van der Waals surface area (Å²) in [6.07, 6.45) is 1.67. The summed E-state index contributed by atoms with van der Waals surface area (Å²) in [4.78, 5) is 0. The minimum Gasteiger partial charge on any atom is -0.494 e. The molecule has 3 rings (SSSR count). The molecule has 0 saturated carbocycles. The van der Waals surface area contributed by atoms with Gasteiger partial charge in [-0.3, -0.25) is 0 Å². The maximum atomic E-state index is 13.3. The fourth-order valence-electron chi connectivity index (χ4n) is 2.21. The highest BCUT2D eigenvalue weighted by molar-refractivity contribution is 6.36. The molecule has 1 heterocycles. The van der Waals surface area contributed by atoms with Crippen molar-refractivity contribution in [2.45, 2.75) is 6.54 Å². The Bertz CT molecular complexity index is 781. The summed E-state index contributed by atoms with van der Waals surface area (Å²) >= 11 is 11.8. The molecule has 0 fully saturated rings. The van der Waals surface area contributed by atoms with Crippen molar-refractivity contribution in [2.24, 2.45) is 0 Å². The zero-order valence-corrected chi connectivity index (χ0v) is 11.8. The number of nitrogens with zero attached hydrogens (tertiary/aromatic N) is 1. The number of aromatic hydroxyl groups is 1. The summed E-state index contributed by atoms with van der Waals surface area (Å²) in [6.45, 7) is 0.454. The fourth-order valence-corrected chi connectivity index (χ4v) is 2.63. The molecule has 3 aromatic rings. The number of halogens is 3. The first-order valence-corrected chi connectivity index (χ1v) is 6.71. The SMILES string of the molecule is Oc1c2c(Cl)cc(F)cc2cn1Cc1ccc(Cl)cc1. The van der Waals surface area contributed by atoms with Gasteiger partial charge in [0.2, 0.25) is 5.88 Å². The molecule has 0 atom stereocenters. The molecule has 0 bridgehead atoms. The number of aromatic nitrogens is 1. The molecule has 2 aromatic carbocycles. The fraction of sp³-hybridized carbons (Fsp3) is 0.0667. The molecule has 0 spiro atoms. The lowest BCUT2D eigenvalue weighted by molar-refractivity contribution is 0.430. The van der Waals surface area contributed by atoms with Crippen molar-refractivity contribution in [3.05, 3.63) is 64.0 Å². The molecule has 102 valence electrons. The third-order valence-corrected chi connectivity index (χ3v) is 3.69. The van der Waals surface area contributed by atoms with Gasteiger partial charge in [0.1, 0.15) is 5.82 Å². The lowest BCUT2D eigenvalue weighted by atomic mass is 10.2. The van der Waals surface area contributed by atoms with Crippen LogP contribution in [0.1, 0.15) is 5.56 Å². The van der Waals surface area contributed by atoms with Crippen LogP contribution in [0.3, 0.4) is 0 Å². The molecule has 0 aliphatic heterocycles. The van der Waals surface area contributed by atoms with E-state index in [4.69, 9.17) is 23.2 Å². The monoisotopic (exact) mass is 309 g/mol. The van der Waals surface area contributed by atoms with Crippen LogP contribution in [0.25, 0.3) is 10.8 Å². The van der Waals surface area contributed by atoms with E-state index in [1.165, 1.54) is 12.1 Å². The highest BCUT2D eigenvalue weighted by atomic mass is 35.5. The van der Waals surface area contributed by atoms with Crippen LogP contribution < -0.4 is 0 Å². The van der Waals surface area contributed by atoms with Crippen LogP contribution in [-0.2, 0) is 6.54 Å². The highest BCUT2D eigenvalue weighted by Crippen LogP contribution is 2.34. The molecule has 1 aromatic heterocycles. The normalized spacial score (nSPS) is 11.2. The van der Waals surface area contributed by atoms with Gasteiger partial charge in [0.05, 0.1) is 17.0 Å². The Labute approximate surface area is 125 Å². The molecule has 2 nitrogen and oxygen atoms in total. The van der Waals surface area contributed by atoms with Gasteiger partial charge in [-0.15, -0.1) is 0 Å². The topological polar surface area (TPSA) is 25.2 Å². The third-order valence-electron chi connectivity index (χ3n) is 3.14. The van der Waals surface area contributed by atoms with Crippen molar-refractivity contribution in [1.82, 2.24) is 4.57 Å². The largest absolute Gasteiger partial charge is 0.494 e. The van der Waals surface area contributed by atoms with Gasteiger partial charge in [0.25, 0.3) is 0 Å². The summed E-state index contributed by atoms with van der Waals surface area (Å²) in [5.74, 6) is -0.397. The van der Waals surface area contributed by atoms with Crippen LogP contribution in [0.15, 0.2) is 42.6 Å². The van der Waals surface area contributed by atoms with Gasteiger partial charge in [-0.25, -0.2) is 4.39 Å². The van der Waals surface area contributed by atoms with Gasteiger partial charge in [0, 0.05) is 16.6 Å². The number of benzene rings is 2. The number of hydrogen-bond acceptors (Lipinski definition) is 1. The van der Waals surface area contributed by atoms with Crippen LogP contribution in [0.2, 0.25) is 10.0 Å². The van der Waals surface area contributed by atoms with E-state index in [0.717, 1.165) is 5.56 Å². The molecule has 0 aliphatic rings. The summed E-state index contributed by atoms with van der Waals surface area (Å²) in [5.41, 5.74) is 0.974. The predicted octanol–water partition coefficient (Wildman–Crippen LogP) is 4.84. The Morgan fingerprint density at radius 2 is 1.80 bits per heavy atom. The average molecular weight is 310 g/mol. The molecular weight excluding hydrogens is 300 g/mol. The molecular formula is C15H10Cl2FNO. The van der Waals surface area contributed by atoms with Crippen molar-refractivity contribution in [3.8, 4) is 5.88 Å². The maximum Gasteiger partial charge on any atom is 0.200 e. The second-order valence-corrected chi connectivity index (χ2v) is 5.40. The van der Waals surface area contributed by atoms with Crippen molar-refractivity contribution >= 4 is 34.0 Å². The van der Waals surface area contributed by atoms with E-state index in [1.54, 1.807) is 22.9 Å². The maximum absolute atomic E-state index is 13.3. The molecule has 0 unspecified atom stereocenters. The van der Waals surface area contributed by atoms with Crippen LogP contribution in [0, 0.1) is 5.82 Å². The molecule has 5 heteroatoms. The van der Waals surface area contributed by atoms with E-state index < -0.39 is 5.82 Å². The predicted molar refractivity (Wildman–Crippen MR) is 79.1 cm³/mol. The zero-order valence-electron chi connectivity index (χ0n) is 10.3. The average Bonchev–Trinajstić information content (AvgIpc) is 2.69. The molecule has 20 heavy (non-hydrogen) atoms. The van der Waals surface area contributed by atoms with Crippen molar-refractivity contribution in [1.29, 1.82) is 0 Å². The summed E-state index contributed by atoms with van der Waals surface area (Å²) < 4.78 is 14.9. The van der Waals surface area contributed by atoms with E-state index in [1.807, 2.05) is 12.1 Å². The standard InChI is InChI=1S/C15H10Cl2FNO/c16-11-3-1-9(2-4-11)7-19-8-10-5-12(18)6-13(17)14(10)15(19)20/h1-6,8,20H,7H2. The Hall–Kier alpha value is -1.71. The zero-order chi connectivity index (χ0) is 14.3. The minimum absolute atomic E-state index is 0.0277. The first-order valence-electron chi connectivity index (χ1n) is 5.96. The number of rotatable bonds is 2. The smallest absolute Gasteiger partial charge is 0.200 e. The van der Waals surface area contributed by atoms with Crippen LogP contribution in [-0.4, -0.2) is 9.67 Å². The number of fused-ring (bicyclic) bond motifs is 1. The first kappa shape index (κ1) is 13.3. The van der Waals surface area contributed by atoms with Gasteiger partial charge in [0.15, 0.2) is 0 Å². The Balaban J connectivity index is 2.06. The summed E-state index contributed by atoms with van der Waals surface area (Å²) in [6, 6.07) is 9.84. The van der Waals surface area contributed by atoms with Crippen molar-refractivity contribution in [3.63, 3.8) is 0 Å². The molecule has 0 radical (unpaired) electrons. The molecule has 0 amide bonds. The van der Waals surface area contributed by atoms with Crippen molar-refractivity contribution in [2.75, 3.05) is 0 Å². The highest BCUT2D eigenvalue weighted by Gasteiger charge is 2.13. The van der Waals surface area contributed by atoms with Gasteiger partial charge < -0.3 is 9.67 Å². The van der Waals surface area contributed by atoms with Crippen LogP contribution in [0.5, 0.6) is 5.88 Å². The van der Waals surface area contributed by atoms with E-state index in [0.29, 0.717) is 22.3 Å². The first-order chi connectivity index (χ1) is 9.54. The Morgan fingerprint density at radius 3 is 2.50 bits per heavy atom. The molecule has 0 aliphatic carbocycles. The summed E-state index contributed by atoms with van der Waals surface area (Å²) in [5, 5.41) is 12.1. The van der Waals surface area contributed by atoms with Crippen LogP contribution in [0.4, 0.5) is 4.39 Å². The second-order valence-electron chi connectivity index (χ2n) is 4.56. The van der Waals surface area contributed by atoms with E-state index in [-0.39, 0.29) is 10.9 Å². The van der Waals surface area contributed by atoms with E-state index in [9.17, 15) is 9.50 Å². The quantitative estimate of drug-likeness (QED) is 0.720. The molecule has 0 saturated heterocycles. The van der Waals surface area contributed by atoms with Gasteiger partial charge in [-0.1, -0.05) is 35.3 Å². The van der Waals surface area contributed by atoms with Gasteiger partial charge >= 0.3 is 0 Å². The van der Waals surface area contributed by atoms with E-state index in [2.05, 4.69) is 0 Å². The minimum atomic E-state index is -0.425.